The first kappa shape index (κ1) is 23.4. The van der Waals surface area contributed by atoms with Crippen molar-refractivity contribution in [3.63, 3.8) is 0 Å². The summed E-state index contributed by atoms with van der Waals surface area (Å²) in [4.78, 5) is 27.5. The molecule has 0 saturated carbocycles. The SMILES string of the molecule is CC(C)(C)OC(=O)N[C@H]1CCc2cc(NC(=O)Nc3ccc(C(F)(F)F)nc3)ccc2C1. The number of urea groups is 1. The molecule has 0 aliphatic heterocycles. The summed E-state index contributed by atoms with van der Waals surface area (Å²) in [6.07, 6.45) is -1.93. The van der Waals surface area contributed by atoms with Gasteiger partial charge in [-0.2, -0.15) is 13.2 Å². The number of ether oxygens (including phenoxy) is 1. The maximum atomic E-state index is 12.6. The standard InChI is InChI=1S/C22H25F3N4O3/c1-21(2,3)32-20(31)29-16-7-5-13-10-15(6-4-14(13)11-16)27-19(30)28-17-8-9-18(26-12-17)22(23,24)25/h4,6,8-10,12,16H,5,7,11H2,1-3H3,(H,29,31)(H2,27,28,30)/t16-/m0/s1. The summed E-state index contributed by atoms with van der Waals surface area (Å²) in [5, 5.41) is 8.01. The summed E-state index contributed by atoms with van der Waals surface area (Å²) in [6, 6.07) is 6.78. The van der Waals surface area contributed by atoms with Crippen molar-refractivity contribution in [3.8, 4) is 0 Å². The summed E-state index contributed by atoms with van der Waals surface area (Å²) < 4.78 is 43.0. The van der Waals surface area contributed by atoms with Crippen LogP contribution in [0.25, 0.3) is 0 Å². The van der Waals surface area contributed by atoms with Gasteiger partial charge in [0.05, 0.1) is 11.9 Å². The molecule has 1 aromatic heterocycles. The van der Waals surface area contributed by atoms with Crippen LogP contribution in [0.1, 0.15) is 44.0 Å². The average Bonchev–Trinajstić information content (AvgIpc) is 2.66. The number of benzene rings is 1. The van der Waals surface area contributed by atoms with Gasteiger partial charge in [0.25, 0.3) is 0 Å². The molecule has 0 spiro atoms. The Kier molecular flexibility index (Phi) is 6.61. The number of nitrogens with one attached hydrogen (secondary N) is 3. The number of rotatable bonds is 3. The van der Waals surface area contributed by atoms with Gasteiger partial charge >= 0.3 is 18.3 Å². The van der Waals surface area contributed by atoms with Crippen LogP contribution in [0.15, 0.2) is 36.5 Å². The predicted octanol–water partition coefficient (Wildman–Crippen LogP) is 5.13. The van der Waals surface area contributed by atoms with Crippen molar-refractivity contribution in [2.75, 3.05) is 10.6 Å². The zero-order valence-electron chi connectivity index (χ0n) is 18.0. The first-order valence-corrected chi connectivity index (χ1v) is 10.1. The summed E-state index contributed by atoms with van der Waals surface area (Å²) in [5.74, 6) is 0. The molecular weight excluding hydrogens is 425 g/mol. The highest BCUT2D eigenvalue weighted by Crippen LogP contribution is 2.28. The van der Waals surface area contributed by atoms with E-state index in [-0.39, 0.29) is 11.7 Å². The largest absolute Gasteiger partial charge is 0.444 e. The lowest BCUT2D eigenvalue weighted by Crippen LogP contribution is -2.41. The molecule has 0 radical (unpaired) electrons. The summed E-state index contributed by atoms with van der Waals surface area (Å²) >= 11 is 0. The minimum atomic E-state index is -4.54. The Balaban J connectivity index is 1.55. The second-order valence-corrected chi connectivity index (χ2v) is 8.58. The fourth-order valence-corrected chi connectivity index (χ4v) is 3.36. The first-order chi connectivity index (χ1) is 14.9. The molecule has 32 heavy (non-hydrogen) atoms. The maximum Gasteiger partial charge on any atom is 0.433 e. The molecule has 7 nitrogen and oxygen atoms in total. The number of carbonyl (C=O) groups is 2. The molecule has 0 bridgehead atoms. The Morgan fingerprint density at radius 2 is 1.72 bits per heavy atom. The Hall–Kier alpha value is -3.30. The topological polar surface area (TPSA) is 92.4 Å². The molecule has 1 aromatic carbocycles. The van der Waals surface area contributed by atoms with Gasteiger partial charge in [0.1, 0.15) is 11.3 Å². The number of pyridine rings is 1. The van der Waals surface area contributed by atoms with Crippen LogP contribution < -0.4 is 16.0 Å². The van der Waals surface area contributed by atoms with Gasteiger partial charge in [-0.25, -0.2) is 14.6 Å². The van der Waals surface area contributed by atoms with Crippen molar-refractivity contribution in [3.05, 3.63) is 53.3 Å². The van der Waals surface area contributed by atoms with Crippen molar-refractivity contribution >= 4 is 23.5 Å². The van der Waals surface area contributed by atoms with Crippen molar-refractivity contribution in [2.24, 2.45) is 0 Å². The number of halogens is 3. The number of anilines is 2. The number of nitrogens with zero attached hydrogens (tertiary/aromatic N) is 1. The lowest BCUT2D eigenvalue weighted by Gasteiger charge is -2.27. The van der Waals surface area contributed by atoms with Gasteiger partial charge in [0, 0.05) is 11.7 Å². The quantitative estimate of drug-likeness (QED) is 0.605. The minimum Gasteiger partial charge on any atom is -0.444 e. The number of alkyl halides is 3. The van der Waals surface area contributed by atoms with Crippen molar-refractivity contribution in [1.29, 1.82) is 0 Å². The van der Waals surface area contributed by atoms with E-state index in [2.05, 4.69) is 20.9 Å². The zero-order chi connectivity index (χ0) is 23.5. The van der Waals surface area contributed by atoms with E-state index < -0.39 is 29.6 Å². The third kappa shape index (κ3) is 6.60. The Morgan fingerprint density at radius 3 is 2.34 bits per heavy atom. The zero-order valence-corrected chi connectivity index (χ0v) is 18.0. The van der Waals surface area contributed by atoms with E-state index >= 15 is 0 Å². The highest BCUT2D eigenvalue weighted by Gasteiger charge is 2.32. The van der Waals surface area contributed by atoms with Gasteiger partial charge in [-0.3, -0.25) is 0 Å². The number of carbonyl (C=O) groups excluding carboxylic acids is 2. The van der Waals surface area contributed by atoms with E-state index in [1.54, 1.807) is 6.07 Å². The number of aromatic nitrogens is 1. The third-order valence-corrected chi connectivity index (χ3v) is 4.73. The molecule has 10 heteroatoms. The lowest BCUT2D eigenvalue weighted by molar-refractivity contribution is -0.141. The molecule has 0 saturated heterocycles. The van der Waals surface area contributed by atoms with Crippen LogP contribution in [0.3, 0.4) is 0 Å². The summed E-state index contributed by atoms with van der Waals surface area (Å²) in [5.41, 5.74) is 1.23. The van der Waals surface area contributed by atoms with Crippen LogP contribution in [0.4, 0.5) is 34.1 Å². The lowest BCUT2D eigenvalue weighted by atomic mass is 9.88. The van der Waals surface area contributed by atoms with Gasteiger partial charge in [-0.15, -0.1) is 0 Å². The second-order valence-electron chi connectivity index (χ2n) is 8.58. The van der Waals surface area contributed by atoms with Crippen molar-refractivity contribution in [1.82, 2.24) is 10.3 Å². The normalized spacial score (nSPS) is 16.0. The van der Waals surface area contributed by atoms with E-state index in [0.29, 0.717) is 12.1 Å². The van der Waals surface area contributed by atoms with Crippen LogP contribution in [-0.2, 0) is 23.8 Å². The minimum absolute atomic E-state index is 0.0355. The highest BCUT2D eigenvalue weighted by atomic mass is 19.4. The van der Waals surface area contributed by atoms with E-state index in [1.165, 1.54) is 0 Å². The number of amides is 3. The molecule has 1 heterocycles. The first-order valence-electron chi connectivity index (χ1n) is 10.1. The van der Waals surface area contributed by atoms with Crippen LogP contribution >= 0.6 is 0 Å². The van der Waals surface area contributed by atoms with Gasteiger partial charge in [-0.1, -0.05) is 6.07 Å². The highest BCUT2D eigenvalue weighted by molar-refractivity contribution is 5.99. The predicted molar refractivity (Wildman–Crippen MR) is 114 cm³/mol. The second kappa shape index (κ2) is 9.05. The Labute approximate surface area is 183 Å². The van der Waals surface area contributed by atoms with E-state index in [0.717, 1.165) is 42.3 Å². The number of hydrogen-bond acceptors (Lipinski definition) is 4. The van der Waals surface area contributed by atoms with Gasteiger partial charge in [0.15, 0.2) is 0 Å². The molecule has 1 atom stereocenters. The van der Waals surface area contributed by atoms with Crippen LogP contribution in [-0.4, -0.2) is 28.8 Å². The monoisotopic (exact) mass is 450 g/mol. The van der Waals surface area contributed by atoms with Crippen LogP contribution in [0.5, 0.6) is 0 Å². The third-order valence-electron chi connectivity index (χ3n) is 4.73. The van der Waals surface area contributed by atoms with Crippen LogP contribution in [0, 0.1) is 0 Å². The Bertz CT molecular complexity index is 985. The summed E-state index contributed by atoms with van der Waals surface area (Å²) in [7, 11) is 0. The molecular formula is C22H25F3N4O3. The summed E-state index contributed by atoms with van der Waals surface area (Å²) in [6.45, 7) is 5.42. The smallest absolute Gasteiger partial charge is 0.433 e. The van der Waals surface area contributed by atoms with Crippen LogP contribution in [0.2, 0.25) is 0 Å². The molecule has 3 rings (SSSR count). The molecule has 3 N–H and O–H groups in total. The van der Waals surface area contributed by atoms with Gasteiger partial charge in [0.2, 0.25) is 0 Å². The van der Waals surface area contributed by atoms with E-state index in [4.69, 9.17) is 4.74 Å². The number of alkyl carbamates (subject to hydrolysis) is 1. The van der Waals surface area contributed by atoms with Crippen molar-refractivity contribution in [2.45, 2.75) is 57.9 Å². The molecule has 0 unspecified atom stereocenters. The molecule has 0 fully saturated rings. The van der Waals surface area contributed by atoms with Crippen molar-refractivity contribution < 1.29 is 27.5 Å². The molecule has 1 aliphatic rings. The molecule has 172 valence electrons. The molecule has 3 amide bonds. The fraction of sp³-hybridized carbons (Fsp3) is 0.409. The number of hydrogen-bond donors (Lipinski definition) is 3. The fourth-order valence-electron chi connectivity index (χ4n) is 3.36. The Morgan fingerprint density at radius 1 is 1.03 bits per heavy atom. The number of fused-ring (bicyclic) bond motifs is 1. The maximum absolute atomic E-state index is 12.6. The number of aryl methyl sites for hydroxylation is 1. The van der Waals surface area contributed by atoms with Gasteiger partial charge in [-0.05, 0) is 75.4 Å². The molecule has 1 aliphatic carbocycles. The average molecular weight is 450 g/mol. The van der Waals surface area contributed by atoms with E-state index in [9.17, 15) is 22.8 Å². The van der Waals surface area contributed by atoms with Gasteiger partial charge < -0.3 is 20.7 Å². The molecule has 2 aromatic rings. The van der Waals surface area contributed by atoms with E-state index in [1.807, 2.05) is 32.9 Å².